The summed E-state index contributed by atoms with van der Waals surface area (Å²) in [5, 5.41) is 1.90. The number of amides is 2. The highest BCUT2D eigenvalue weighted by Gasteiger charge is 2.25. The number of thioether (sulfide) groups is 1. The van der Waals surface area contributed by atoms with Gasteiger partial charge in [0.2, 0.25) is 0 Å². The maximum Gasteiger partial charge on any atom is 0.290 e. The second kappa shape index (κ2) is 8.96. The summed E-state index contributed by atoms with van der Waals surface area (Å²) < 4.78 is 0. The Hall–Kier alpha value is -3.23. The predicted molar refractivity (Wildman–Crippen MR) is 133 cm³/mol. The lowest BCUT2D eigenvalue weighted by Gasteiger charge is -2.36. The zero-order valence-electron chi connectivity index (χ0n) is 18.7. The fourth-order valence-corrected chi connectivity index (χ4v) is 5.05. The standard InChI is InChI=1S/C25H25N5O2S/c1-3-29-9-11-30(12-10-29)21-8-7-17(13-16(21)2)19-5-4-6-20-23(19)27-18(15-26-20)14-22-24(31)28-25(32)33-22/h4-8,13-15H,3,9-12H2,1-2H3,(H,28,31,32). The van der Waals surface area contributed by atoms with E-state index in [0.717, 1.165) is 66.6 Å². The molecule has 2 fully saturated rings. The van der Waals surface area contributed by atoms with Gasteiger partial charge in [0.1, 0.15) is 0 Å². The van der Waals surface area contributed by atoms with Crippen LogP contribution in [-0.2, 0) is 4.79 Å². The molecule has 2 aliphatic heterocycles. The lowest BCUT2D eigenvalue weighted by Crippen LogP contribution is -2.46. The van der Waals surface area contributed by atoms with Gasteiger partial charge >= 0.3 is 0 Å². The number of fused-ring (bicyclic) bond motifs is 1. The summed E-state index contributed by atoms with van der Waals surface area (Å²) >= 11 is 0.879. The van der Waals surface area contributed by atoms with Gasteiger partial charge in [0.15, 0.2) is 0 Å². The molecule has 2 saturated heterocycles. The van der Waals surface area contributed by atoms with E-state index in [1.807, 2.05) is 18.2 Å². The van der Waals surface area contributed by atoms with Gasteiger partial charge in [-0.25, -0.2) is 4.98 Å². The number of piperazine rings is 1. The summed E-state index contributed by atoms with van der Waals surface area (Å²) in [5.74, 6) is -0.397. The highest BCUT2D eigenvalue weighted by Crippen LogP contribution is 2.32. The molecule has 2 aromatic carbocycles. The molecule has 2 aliphatic rings. The molecule has 0 spiro atoms. The smallest absolute Gasteiger partial charge is 0.290 e. The van der Waals surface area contributed by atoms with Crippen molar-refractivity contribution in [2.75, 3.05) is 37.6 Å². The Morgan fingerprint density at radius 2 is 1.94 bits per heavy atom. The van der Waals surface area contributed by atoms with Gasteiger partial charge < -0.3 is 9.80 Å². The average Bonchev–Trinajstić information content (AvgIpc) is 3.15. The first-order valence-corrected chi connectivity index (χ1v) is 11.9. The number of nitrogens with one attached hydrogen (secondary N) is 1. The fourth-order valence-electron chi connectivity index (χ4n) is 4.39. The van der Waals surface area contributed by atoms with Gasteiger partial charge in [0.25, 0.3) is 11.1 Å². The van der Waals surface area contributed by atoms with Gasteiger partial charge in [-0.1, -0.05) is 25.1 Å². The Kier molecular flexibility index (Phi) is 5.86. The summed E-state index contributed by atoms with van der Waals surface area (Å²) in [6.07, 6.45) is 3.23. The Balaban J connectivity index is 1.48. The number of aromatic nitrogens is 2. The molecular weight excluding hydrogens is 434 g/mol. The number of likely N-dealkylation sites (N-methyl/N-ethyl adjacent to an activating group) is 1. The Morgan fingerprint density at radius 3 is 2.64 bits per heavy atom. The molecule has 8 heteroatoms. The molecule has 5 rings (SSSR count). The number of rotatable bonds is 4. The minimum Gasteiger partial charge on any atom is -0.369 e. The monoisotopic (exact) mass is 459 g/mol. The summed E-state index contributed by atoms with van der Waals surface area (Å²) in [4.78, 5) is 37.9. The minimum absolute atomic E-state index is 0.328. The molecule has 0 bridgehead atoms. The molecular formula is C25H25N5O2S. The summed E-state index contributed by atoms with van der Waals surface area (Å²) in [5.41, 5.74) is 6.68. The van der Waals surface area contributed by atoms with E-state index < -0.39 is 5.91 Å². The van der Waals surface area contributed by atoms with Crippen molar-refractivity contribution >= 4 is 45.7 Å². The molecule has 3 aromatic rings. The quantitative estimate of drug-likeness (QED) is 0.589. The molecule has 2 amide bonds. The highest BCUT2D eigenvalue weighted by molar-refractivity contribution is 8.18. The van der Waals surface area contributed by atoms with Gasteiger partial charge in [0.05, 0.1) is 27.8 Å². The maximum atomic E-state index is 11.9. The van der Waals surface area contributed by atoms with Crippen molar-refractivity contribution in [1.82, 2.24) is 20.2 Å². The van der Waals surface area contributed by atoms with Crippen LogP contribution in [0.25, 0.3) is 28.2 Å². The summed E-state index contributed by atoms with van der Waals surface area (Å²) in [6.45, 7) is 9.75. The predicted octanol–water partition coefficient (Wildman–Crippen LogP) is 4.07. The first-order valence-electron chi connectivity index (χ1n) is 11.1. The second-order valence-corrected chi connectivity index (χ2v) is 9.26. The van der Waals surface area contributed by atoms with Crippen molar-refractivity contribution in [2.24, 2.45) is 0 Å². The number of carbonyl (C=O) groups is 2. The third-order valence-corrected chi connectivity index (χ3v) is 6.99. The van der Waals surface area contributed by atoms with Crippen molar-refractivity contribution in [3.63, 3.8) is 0 Å². The number of aryl methyl sites for hydroxylation is 1. The second-order valence-electron chi connectivity index (χ2n) is 8.24. The zero-order chi connectivity index (χ0) is 22.9. The fraction of sp³-hybridized carbons (Fsp3) is 0.280. The molecule has 33 heavy (non-hydrogen) atoms. The van der Waals surface area contributed by atoms with Crippen molar-refractivity contribution in [3.8, 4) is 11.1 Å². The van der Waals surface area contributed by atoms with Crippen LogP contribution >= 0.6 is 11.8 Å². The number of hydrogen-bond acceptors (Lipinski definition) is 7. The topological polar surface area (TPSA) is 78.4 Å². The molecule has 0 atom stereocenters. The van der Waals surface area contributed by atoms with Crippen LogP contribution in [0, 0.1) is 6.92 Å². The molecule has 0 radical (unpaired) electrons. The third kappa shape index (κ3) is 4.36. The summed E-state index contributed by atoms with van der Waals surface area (Å²) in [6, 6.07) is 12.5. The third-order valence-electron chi connectivity index (χ3n) is 6.18. The lowest BCUT2D eigenvalue weighted by atomic mass is 10.00. The van der Waals surface area contributed by atoms with Crippen molar-refractivity contribution < 1.29 is 9.59 Å². The van der Waals surface area contributed by atoms with Crippen molar-refractivity contribution in [1.29, 1.82) is 0 Å². The molecule has 0 aliphatic carbocycles. The molecule has 1 N–H and O–H groups in total. The number of hydrogen-bond donors (Lipinski definition) is 1. The van der Waals surface area contributed by atoms with Gasteiger partial charge in [-0.2, -0.15) is 0 Å². The first kappa shape index (κ1) is 21.6. The maximum absolute atomic E-state index is 11.9. The molecule has 0 saturated carbocycles. The van der Waals surface area contributed by atoms with Crippen LogP contribution in [0.4, 0.5) is 10.5 Å². The van der Waals surface area contributed by atoms with Gasteiger partial charge in [-0.05, 0) is 60.6 Å². The number of anilines is 1. The van der Waals surface area contributed by atoms with Gasteiger partial charge in [0, 0.05) is 37.4 Å². The van der Waals surface area contributed by atoms with Gasteiger partial charge in [-0.15, -0.1) is 0 Å². The Bertz CT molecular complexity index is 1280. The largest absolute Gasteiger partial charge is 0.369 e. The van der Waals surface area contributed by atoms with E-state index in [0.29, 0.717) is 10.6 Å². The van der Waals surface area contributed by atoms with E-state index in [2.05, 4.69) is 52.1 Å². The van der Waals surface area contributed by atoms with E-state index >= 15 is 0 Å². The van der Waals surface area contributed by atoms with E-state index in [1.54, 1.807) is 12.3 Å². The number of carbonyl (C=O) groups excluding carboxylic acids is 2. The molecule has 7 nitrogen and oxygen atoms in total. The van der Waals surface area contributed by atoms with Crippen molar-refractivity contribution in [2.45, 2.75) is 13.8 Å². The average molecular weight is 460 g/mol. The number of nitrogens with zero attached hydrogens (tertiary/aromatic N) is 4. The van der Waals surface area contributed by atoms with E-state index in [1.165, 1.54) is 11.3 Å². The van der Waals surface area contributed by atoms with E-state index in [9.17, 15) is 9.59 Å². The SMILES string of the molecule is CCN1CCN(c2ccc(-c3cccc4ncc(C=C5SC(=O)NC5=O)nc34)cc2C)CC1. The number of benzene rings is 2. The van der Waals surface area contributed by atoms with E-state index in [-0.39, 0.29) is 5.24 Å². The minimum atomic E-state index is -0.397. The normalized spacial score (nSPS) is 18.4. The van der Waals surface area contributed by atoms with E-state index in [4.69, 9.17) is 4.98 Å². The van der Waals surface area contributed by atoms with Crippen LogP contribution in [0.1, 0.15) is 18.2 Å². The highest BCUT2D eigenvalue weighted by atomic mass is 32.2. The van der Waals surface area contributed by atoms with Crippen LogP contribution in [0.5, 0.6) is 0 Å². The molecule has 3 heterocycles. The van der Waals surface area contributed by atoms with Gasteiger partial charge in [-0.3, -0.25) is 19.9 Å². The summed E-state index contributed by atoms with van der Waals surface area (Å²) in [7, 11) is 0. The van der Waals surface area contributed by atoms with Crippen LogP contribution in [0.15, 0.2) is 47.5 Å². The van der Waals surface area contributed by atoms with Crippen LogP contribution < -0.4 is 10.2 Å². The molecule has 1 aromatic heterocycles. The lowest BCUT2D eigenvalue weighted by molar-refractivity contribution is -0.115. The first-order chi connectivity index (χ1) is 16.0. The van der Waals surface area contributed by atoms with Crippen LogP contribution in [0.3, 0.4) is 0 Å². The number of para-hydroxylation sites is 1. The number of imide groups is 1. The Morgan fingerprint density at radius 1 is 1.12 bits per heavy atom. The molecule has 168 valence electrons. The Labute approximate surface area is 196 Å². The van der Waals surface area contributed by atoms with Crippen LogP contribution in [0.2, 0.25) is 0 Å². The van der Waals surface area contributed by atoms with Crippen LogP contribution in [-0.4, -0.2) is 58.7 Å². The molecule has 0 unspecified atom stereocenters. The van der Waals surface area contributed by atoms with Crippen molar-refractivity contribution in [3.05, 3.63) is 58.8 Å². The zero-order valence-corrected chi connectivity index (χ0v) is 19.5.